The smallest absolute Gasteiger partial charge is 0.222 e. The predicted octanol–water partition coefficient (Wildman–Crippen LogP) is 2.58. The van der Waals surface area contributed by atoms with E-state index in [-0.39, 0.29) is 18.3 Å². The molecule has 2 rings (SSSR count). The van der Waals surface area contributed by atoms with Crippen molar-refractivity contribution in [3.8, 4) is 0 Å². The second kappa shape index (κ2) is 7.34. The molecule has 0 radical (unpaired) electrons. The number of nitrogens with zero attached hydrogens (tertiary/aromatic N) is 1. The van der Waals surface area contributed by atoms with E-state index in [9.17, 15) is 4.79 Å². The van der Waals surface area contributed by atoms with E-state index in [1.807, 2.05) is 24.1 Å². The molecule has 1 aromatic rings. The van der Waals surface area contributed by atoms with Crippen LogP contribution in [-0.2, 0) is 11.2 Å². The molecule has 1 aromatic heterocycles. The second-order valence-corrected chi connectivity index (χ2v) is 6.16. The Morgan fingerprint density at radius 2 is 2.39 bits per heavy atom. The first-order valence-electron chi connectivity index (χ1n) is 5.87. The van der Waals surface area contributed by atoms with Crippen molar-refractivity contribution in [2.75, 3.05) is 20.1 Å². The molecule has 6 heteroatoms. The molecule has 1 unspecified atom stereocenters. The minimum absolute atomic E-state index is 0. The van der Waals surface area contributed by atoms with Crippen molar-refractivity contribution in [1.82, 2.24) is 10.2 Å². The lowest BCUT2D eigenvalue weighted by atomic mass is 10.2. The minimum Gasteiger partial charge on any atom is -0.341 e. The summed E-state index contributed by atoms with van der Waals surface area (Å²) in [6.45, 7) is 1.94. The van der Waals surface area contributed by atoms with Gasteiger partial charge in [0.2, 0.25) is 5.91 Å². The second-order valence-electron chi connectivity index (χ2n) is 4.36. The van der Waals surface area contributed by atoms with E-state index in [4.69, 9.17) is 11.6 Å². The number of aryl methyl sites for hydroxylation is 1. The molecule has 1 amide bonds. The number of hydrogen-bond donors (Lipinski definition) is 1. The Kier molecular flexibility index (Phi) is 6.43. The number of carbonyl (C=O) groups is 1. The van der Waals surface area contributed by atoms with Gasteiger partial charge >= 0.3 is 0 Å². The Balaban J connectivity index is 0.00000162. The largest absolute Gasteiger partial charge is 0.341 e. The molecule has 0 bridgehead atoms. The summed E-state index contributed by atoms with van der Waals surface area (Å²) in [6, 6.07) is 4.25. The Labute approximate surface area is 123 Å². The highest BCUT2D eigenvalue weighted by molar-refractivity contribution is 7.16. The van der Waals surface area contributed by atoms with Gasteiger partial charge < -0.3 is 10.2 Å². The molecule has 3 nitrogen and oxygen atoms in total. The third-order valence-corrected chi connectivity index (χ3v) is 4.48. The summed E-state index contributed by atoms with van der Waals surface area (Å²) in [7, 11) is 1.90. The summed E-state index contributed by atoms with van der Waals surface area (Å²) in [6.07, 6.45) is 2.43. The van der Waals surface area contributed by atoms with Crippen molar-refractivity contribution < 1.29 is 4.79 Å². The Morgan fingerprint density at radius 1 is 1.61 bits per heavy atom. The van der Waals surface area contributed by atoms with Crippen molar-refractivity contribution in [2.24, 2.45) is 0 Å². The first-order chi connectivity index (χ1) is 8.16. The van der Waals surface area contributed by atoms with Gasteiger partial charge in [0.1, 0.15) is 0 Å². The van der Waals surface area contributed by atoms with Crippen LogP contribution < -0.4 is 5.32 Å². The fourth-order valence-electron chi connectivity index (χ4n) is 2.07. The van der Waals surface area contributed by atoms with Crippen LogP contribution in [0.2, 0.25) is 4.34 Å². The maximum Gasteiger partial charge on any atom is 0.222 e. The molecule has 0 aliphatic carbocycles. The van der Waals surface area contributed by atoms with Crippen LogP contribution in [0.1, 0.15) is 17.7 Å². The summed E-state index contributed by atoms with van der Waals surface area (Å²) in [5.41, 5.74) is 0. The van der Waals surface area contributed by atoms with E-state index in [0.717, 1.165) is 30.3 Å². The monoisotopic (exact) mass is 308 g/mol. The Hall–Kier alpha value is -0.290. The normalized spacial score (nSPS) is 18.4. The number of halogens is 2. The van der Waals surface area contributed by atoms with Crippen LogP contribution in [0.4, 0.5) is 0 Å². The Bertz CT molecular complexity index is 391. The minimum atomic E-state index is 0. The van der Waals surface area contributed by atoms with Crippen LogP contribution >= 0.6 is 35.3 Å². The number of likely N-dealkylation sites (N-methyl/N-ethyl adjacent to an activating group) is 1. The zero-order valence-corrected chi connectivity index (χ0v) is 12.7. The van der Waals surface area contributed by atoms with Crippen LogP contribution in [0.5, 0.6) is 0 Å². The zero-order valence-electron chi connectivity index (χ0n) is 10.3. The van der Waals surface area contributed by atoms with E-state index in [2.05, 4.69) is 5.32 Å². The maximum atomic E-state index is 12.0. The van der Waals surface area contributed by atoms with E-state index in [1.165, 1.54) is 4.88 Å². The van der Waals surface area contributed by atoms with Gasteiger partial charge in [-0.25, -0.2) is 0 Å². The molecule has 1 aliphatic heterocycles. The van der Waals surface area contributed by atoms with Gasteiger partial charge in [-0.1, -0.05) is 11.6 Å². The van der Waals surface area contributed by atoms with Crippen molar-refractivity contribution in [2.45, 2.75) is 25.3 Å². The lowest BCUT2D eigenvalue weighted by Gasteiger charge is -2.23. The van der Waals surface area contributed by atoms with Crippen molar-refractivity contribution in [1.29, 1.82) is 0 Å². The highest BCUT2D eigenvalue weighted by Gasteiger charge is 2.22. The highest BCUT2D eigenvalue weighted by atomic mass is 35.5. The van der Waals surface area contributed by atoms with Gasteiger partial charge in [0.25, 0.3) is 0 Å². The molecule has 0 saturated carbocycles. The highest BCUT2D eigenvalue weighted by Crippen LogP contribution is 2.22. The molecule has 1 N–H and O–H groups in total. The van der Waals surface area contributed by atoms with Crippen molar-refractivity contribution in [3.63, 3.8) is 0 Å². The molecule has 1 fully saturated rings. The predicted molar refractivity (Wildman–Crippen MR) is 78.9 cm³/mol. The number of hydrogen-bond acceptors (Lipinski definition) is 3. The molecule has 1 saturated heterocycles. The van der Waals surface area contributed by atoms with Gasteiger partial charge in [-0.2, -0.15) is 0 Å². The van der Waals surface area contributed by atoms with Gasteiger partial charge in [-0.05, 0) is 31.5 Å². The third kappa shape index (κ3) is 4.12. The van der Waals surface area contributed by atoms with Gasteiger partial charge in [0.15, 0.2) is 0 Å². The summed E-state index contributed by atoms with van der Waals surface area (Å²) in [5.74, 6) is 0.225. The van der Waals surface area contributed by atoms with Crippen LogP contribution in [0.3, 0.4) is 0 Å². The van der Waals surface area contributed by atoms with Crippen molar-refractivity contribution >= 4 is 41.3 Å². The number of rotatable bonds is 4. The van der Waals surface area contributed by atoms with E-state index < -0.39 is 0 Å². The Morgan fingerprint density at radius 3 is 2.94 bits per heavy atom. The van der Waals surface area contributed by atoms with E-state index in [0.29, 0.717) is 12.5 Å². The summed E-state index contributed by atoms with van der Waals surface area (Å²) in [5, 5.41) is 3.28. The summed E-state index contributed by atoms with van der Waals surface area (Å²) < 4.78 is 0.792. The summed E-state index contributed by atoms with van der Waals surface area (Å²) in [4.78, 5) is 15.0. The zero-order chi connectivity index (χ0) is 12.3. The average molecular weight is 309 g/mol. The lowest BCUT2D eigenvalue weighted by Crippen LogP contribution is -2.38. The molecule has 2 heterocycles. The maximum absolute atomic E-state index is 12.0. The lowest BCUT2D eigenvalue weighted by molar-refractivity contribution is -0.131. The standard InChI is InChI=1S/C12H17ClN2OS.ClH/c1-15(9-6-7-14-8-9)12(16)5-3-10-2-4-11(13)17-10;/h2,4,9,14H,3,5-8H2,1H3;1H. The molecule has 1 atom stereocenters. The first kappa shape index (κ1) is 15.8. The van der Waals surface area contributed by atoms with Crippen LogP contribution in [0, 0.1) is 0 Å². The molecule has 18 heavy (non-hydrogen) atoms. The topological polar surface area (TPSA) is 32.3 Å². The first-order valence-corrected chi connectivity index (χ1v) is 7.07. The third-order valence-electron chi connectivity index (χ3n) is 3.19. The molecular weight excluding hydrogens is 291 g/mol. The number of carbonyl (C=O) groups excluding carboxylic acids is 1. The van der Waals surface area contributed by atoms with Crippen LogP contribution in [0.25, 0.3) is 0 Å². The molecule has 0 spiro atoms. The molecule has 0 aromatic carbocycles. The molecule has 102 valence electrons. The summed E-state index contributed by atoms with van der Waals surface area (Å²) >= 11 is 7.41. The van der Waals surface area contributed by atoms with E-state index >= 15 is 0 Å². The molecule has 1 aliphatic rings. The van der Waals surface area contributed by atoms with Crippen molar-refractivity contribution in [3.05, 3.63) is 21.3 Å². The van der Waals surface area contributed by atoms with Crippen LogP contribution in [-0.4, -0.2) is 37.0 Å². The van der Waals surface area contributed by atoms with Gasteiger partial charge in [-0.15, -0.1) is 23.7 Å². The average Bonchev–Trinajstić information content (AvgIpc) is 2.95. The number of nitrogens with one attached hydrogen (secondary N) is 1. The van der Waals surface area contributed by atoms with Gasteiger partial charge in [0, 0.05) is 30.9 Å². The number of thiophene rings is 1. The number of amides is 1. The van der Waals surface area contributed by atoms with Gasteiger partial charge in [-0.3, -0.25) is 4.79 Å². The fourth-order valence-corrected chi connectivity index (χ4v) is 3.15. The van der Waals surface area contributed by atoms with E-state index in [1.54, 1.807) is 11.3 Å². The fraction of sp³-hybridized carbons (Fsp3) is 0.583. The van der Waals surface area contributed by atoms with Gasteiger partial charge in [0.05, 0.1) is 4.34 Å². The quantitative estimate of drug-likeness (QED) is 0.927. The molecular formula is C12H18Cl2N2OS. The van der Waals surface area contributed by atoms with Crippen LogP contribution in [0.15, 0.2) is 12.1 Å². The SMILES string of the molecule is CN(C(=O)CCc1ccc(Cl)s1)C1CCNC1.Cl.